The van der Waals surface area contributed by atoms with Crippen LogP contribution in [0.5, 0.6) is 0 Å². The van der Waals surface area contributed by atoms with E-state index in [-0.39, 0.29) is 11.9 Å². The zero-order chi connectivity index (χ0) is 22.8. The van der Waals surface area contributed by atoms with E-state index in [2.05, 4.69) is 20.3 Å². The summed E-state index contributed by atoms with van der Waals surface area (Å²) in [6, 6.07) is 9.46. The summed E-state index contributed by atoms with van der Waals surface area (Å²) in [6.45, 7) is 7.53. The van der Waals surface area contributed by atoms with Gasteiger partial charge in [-0.1, -0.05) is 6.07 Å². The summed E-state index contributed by atoms with van der Waals surface area (Å²) in [7, 11) is 0. The minimum absolute atomic E-state index is 0.105. The molecule has 0 radical (unpaired) electrons. The Bertz CT molecular complexity index is 1240. The lowest BCUT2D eigenvalue weighted by Crippen LogP contribution is -2.36. The normalized spacial score (nSPS) is 14.2. The Morgan fingerprint density at radius 2 is 2.03 bits per heavy atom. The van der Waals surface area contributed by atoms with Crippen LogP contribution in [0.25, 0.3) is 22.5 Å². The number of carbonyl (C=O) groups excluding carboxylic acids is 1. The maximum atomic E-state index is 13.2. The third-order valence-corrected chi connectivity index (χ3v) is 5.67. The smallest absolute Gasteiger partial charge is 0.252 e. The lowest BCUT2D eigenvalue weighted by Gasteiger charge is -2.27. The van der Waals surface area contributed by atoms with E-state index in [1.54, 1.807) is 30.8 Å². The summed E-state index contributed by atoms with van der Waals surface area (Å²) in [5.74, 6) is 1.33. The van der Waals surface area contributed by atoms with Crippen LogP contribution in [-0.2, 0) is 11.3 Å². The molecule has 0 unspecified atom stereocenters. The maximum absolute atomic E-state index is 13.2. The Labute approximate surface area is 191 Å². The fraction of sp³-hybridized carbons (Fsp3) is 0.333. The van der Waals surface area contributed by atoms with Gasteiger partial charge in [-0.2, -0.15) is 5.10 Å². The summed E-state index contributed by atoms with van der Waals surface area (Å²) >= 11 is 0. The molecule has 4 aromatic rings. The molecule has 5 rings (SSSR count). The van der Waals surface area contributed by atoms with Gasteiger partial charge in [0.2, 0.25) is 0 Å². The van der Waals surface area contributed by atoms with Crippen molar-refractivity contribution in [3.63, 3.8) is 0 Å². The maximum Gasteiger partial charge on any atom is 0.252 e. The van der Waals surface area contributed by atoms with E-state index in [4.69, 9.17) is 14.1 Å². The molecule has 1 amide bonds. The minimum atomic E-state index is -0.198. The number of hydrogen-bond donors (Lipinski definition) is 1. The molecule has 1 saturated heterocycles. The highest BCUT2D eigenvalue weighted by Gasteiger charge is 2.19. The van der Waals surface area contributed by atoms with Gasteiger partial charge in [0.05, 0.1) is 36.6 Å². The van der Waals surface area contributed by atoms with Crippen LogP contribution in [0.15, 0.2) is 53.4 Å². The van der Waals surface area contributed by atoms with Crippen molar-refractivity contribution in [1.29, 1.82) is 0 Å². The monoisotopic (exact) mass is 446 g/mol. The predicted octanol–water partition coefficient (Wildman–Crippen LogP) is 3.43. The number of rotatable bonds is 6. The molecule has 1 fully saturated rings. The lowest BCUT2D eigenvalue weighted by molar-refractivity contribution is 0.0952. The zero-order valence-electron chi connectivity index (χ0n) is 18.7. The van der Waals surface area contributed by atoms with Crippen molar-refractivity contribution < 1.29 is 13.9 Å². The van der Waals surface area contributed by atoms with Crippen LogP contribution in [0.2, 0.25) is 0 Å². The first kappa shape index (κ1) is 21.1. The molecule has 0 bridgehead atoms. The molecule has 5 heterocycles. The Kier molecular flexibility index (Phi) is 5.78. The van der Waals surface area contributed by atoms with Crippen LogP contribution in [0.1, 0.15) is 35.8 Å². The molecule has 1 N–H and O–H groups in total. The fourth-order valence-electron chi connectivity index (χ4n) is 3.91. The van der Waals surface area contributed by atoms with Gasteiger partial charge in [0.15, 0.2) is 11.4 Å². The van der Waals surface area contributed by atoms with Crippen molar-refractivity contribution in [3.05, 3.63) is 60.1 Å². The number of nitrogens with zero attached hydrogens (tertiary/aromatic N) is 5. The molecule has 0 aliphatic carbocycles. The second kappa shape index (κ2) is 9.03. The topological polar surface area (TPSA) is 98.3 Å². The fourth-order valence-corrected chi connectivity index (χ4v) is 3.91. The van der Waals surface area contributed by atoms with E-state index in [1.165, 1.54) is 0 Å². The Balaban J connectivity index is 1.38. The van der Waals surface area contributed by atoms with Gasteiger partial charge in [0.25, 0.3) is 5.91 Å². The van der Waals surface area contributed by atoms with E-state index in [9.17, 15) is 4.79 Å². The molecule has 4 aromatic heterocycles. The second-order valence-electron chi connectivity index (χ2n) is 8.26. The highest BCUT2D eigenvalue weighted by Crippen LogP contribution is 2.26. The van der Waals surface area contributed by atoms with Gasteiger partial charge in [-0.15, -0.1) is 0 Å². The Hall–Kier alpha value is -3.72. The van der Waals surface area contributed by atoms with Crippen molar-refractivity contribution >= 4 is 22.8 Å². The van der Waals surface area contributed by atoms with E-state index < -0.39 is 0 Å². The summed E-state index contributed by atoms with van der Waals surface area (Å²) in [5, 5.41) is 8.17. The number of carbonyl (C=O) groups is 1. The van der Waals surface area contributed by atoms with Crippen molar-refractivity contribution in [2.75, 3.05) is 31.2 Å². The number of fused-ring (bicyclic) bond motifs is 1. The van der Waals surface area contributed by atoms with Gasteiger partial charge in [0.1, 0.15) is 11.5 Å². The molecule has 0 atom stereocenters. The van der Waals surface area contributed by atoms with Crippen LogP contribution in [0.4, 0.5) is 5.82 Å². The van der Waals surface area contributed by atoms with Gasteiger partial charge in [0, 0.05) is 31.9 Å². The number of aromatic nitrogens is 4. The summed E-state index contributed by atoms with van der Waals surface area (Å²) < 4.78 is 12.7. The third kappa shape index (κ3) is 4.31. The second-order valence-corrected chi connectivity index (χ2v) is 8.26. The number of morpholine rings is 1. The van der Waals surface area contributed by atoms with Crippen molar-refractivity contribution in [3.8, 4) is 11.5 Å². The highest BCUT2D eigenvalue weighted by molar-refractivity contribution is 6.06. The number of pyridine rings is 2. The molecule has 1 aliphatic heterocycles. The molecule has 33 heavy (non-hydrogen) atoms. The van der Waals surface area contributed by atoms with Crippen LogP contribution in [0, 0.1) is 0 Å². The van der Waals surface area contributed by atoms with Gasteiger partial charge in [-0.3, -0.25) is 4.79 Å². The first-order valence-corrected chi connectivity index (χ1v) is 11.1. The number of amides is 1. The average Bonchev–Trinajstić information content (AvgIpc) is 3.53. The molecular weight excluding hydrogens is 420 g/mol. The highest BCUT2D eigenvalue weighted by atomic mass is 16.5. The molecule has 9 nitrogen and oxygen atoms in total. The molecular formula is C24H26N6O3. The van der Waals surface area contributed by atoms with Crippen LogP contribution in [0.3, 0.4) is 0 Å². The number of nitrogens with one attached hydrogen (secondary N) is 1. The van der Waals surface area contributed by atoms with Crippen LogP contribution >= 0.6 is 0 Å². The average molecular weight is 447 g/mol. The van der Waals surface area contributed by atoms with E-state index in [0.717, 1.165) is 24.5 Å². The zero-order valence-corrected chi connectivity index (χ0v) is 18.7. The van der Waals surface area contributed by atoms with Gasteiger partial charge < -0.3 is 19.4 Å². The number of anilines is 1. The van der Waals surface area contributed by atoms with Crippen molar-refractivity contribution in [2.24, 2.45) is 0 Å². The predicted molar refractivity (Wildman–Crippen MR) is 124 cm³/mol. The quantitative estimate of drug-likeness (QED) is 0.484. The van der Waals surface area contributed by atoms with Crippen molar-refractivity contribution in [2.45, 2.75) is 26.4 Å². The number of hydrogen-bond acceptors (Lipinski definition) is 7. The standard InChI is InChI=1S/C24H26N6O3/c1-16(2)30-23-19(15-27-30)18(12-20(28-23)21-4-3-9-33-21)24(31)26-14-17-5-6-22(25-13-17)29-7-10-32-11-8-29/h3-6,9,12-13,15-16H,7-8,10-11,14H2,1-2H3,(H,26,31). The summed E-state index contributed by atoms with van der Waals surface area (Å²) in [4.78, 5) is 24.7. The number of ether oxygens (including phenoxy) is 1. The molecule has 1 aliphatic rings. The molecule has 9 heteroatoms. The van der Waals surface area contributed by atoms with Crippen LogP contribution in [-0.4, -0.2) is 52.0 Å². The Morgan fingerprint density at radius 1 is 1.18 bits per heavy atom. The van der Waals surface area contributed by atoms with Gasteiger partial charge in [-0.05, 0) is 43.7 Å². The SMILES string of the molecule is CC(C)n1ncc2c(C(=O)NCc3ccc(N4CCOCC4)nc3)cc(-c3ccco3)nc21. The number of furan rings is 1. The minimum Gasteiger partial charge on any atom is -0.463 e. The third-order valence-electron chi connectivity index (χ3n) is 5.67. The Morgan fingerprint density at radius 3 is 2.73 bits per heavy atom. The first-order valence-electron chi connectivity index (χ1n) is 11.1. The largest absolute Gasteiger partial charge is 0.463 e. The summed E-state index contributed by atoms with van der Waals surface area (Å²) in [5.41, 5.74) is 2.68. The van der Waals surface area contributed by atoms with E-state index in [1.807, 2.05) is 36.7 Å². The first-order chi connectivity index (χ1) is 16.1. The molecule has 0 saturated carbocycles. The van der Waals surface area contributed by atoms with E-state index in [0.29, 0.717) is 47.8 Å². The van der Waals surface area contributed by atoms with Gasteiger partial charge in [-0.25, -0.2) is 14.6 Å². The van der Waals surface area contributed by atoms with Crippen LogP contribution < -0.4 is 10.2 Å². The van der Waals surface area contributed by atoms with Gasteiger partial charge >= 0.3 is 0 Å². The molecule has 170 valence electrons. The van der Waals surface area contributed by atoms with Crippen molar-refractivity contribution in [1.82, 2.24) is 25.1 Å². The summed E-state index contributed by atoms with van der Waals surface area (Å²) in [6.07, 6.45) is 5.09. The lowest BCUT2D eigenvalue weighted by atomic mass is 10.1. The molecule has 0 aromatic carbocycles. The van der Waals surface area contributed by atoms with E-state index >= 15 is 0 Å². The molecule has 0 spiro atoms.